The molecule has 2 aliphatic rings. The third-order valence-corrected chi connectivity index (χ3v) is 5.31. The molecule has 0 saturated carbocycles. The van der Waals surface area contributed by atoms with Gasteiger partial charge in [0.15, 0.2) is 5.79 Å². The van der Waals surface area contributed by atoms with E-state index < -0.39 is 15.8 Å². The van der Waals surface area contributed by atoms with Gasteiger partial charge in [-0.15, -0.1) is 0 Å². The lowest BCUT2D eigenvalue weighted by Crippen LogP contribution is -2.49. The first-order valence-corrected chi connectivity index (χ1v) is 9.15. The number of nitrogens with one attached hydrogen (secondary N) is 1. The summed E-state index contributed by atoms with van der Waals surface area (Å²) in [5, 5.41) is 0. The molecule has 0 aromatic carbocycles. The number of carbonyl (C=O) groups excluding carboxylic acids is 1. The van der Waals surface area contributed by atoms with E-state index in [1.165, 1.54) is 0 Å². The minimum absolute atomic E-state index is 0.0710. The van der Waals surface area contributed by atoms with E-state index in [-0.39, 0.29) is 18.2 Å². The molecular weight excluding hydrogens is 296 g/mol. The van der Waals surface area contributed by atoms with Gasteiger partial charge in [0.2, 0.25) is 15.9 Å². The standard InChI is InChI=1S/C13H24N2O5S/c1-2-3-10-21(17,18)14-11-12(16)15-6-4-13(5-7-15)19-8-9-20-13/h14H,2-11H2,1H3. The number of rotatable bonds is 6. The Morgan fingerprint density at radius 2 is 1.86 bits per heavy atom. The molecule has 2 rings (SSSR count). The second-order valence-corrected chi connectivity index (χ2v) is 7.41. The van der Waals surface area contributed by atoms with Gasteiger partial charge in [-0.3, -0.25) is 4.79 Å². The molecule has 0 aromatic heterocycles. The highest BCUT2D eigenvalue weighted by atomic mass is 32.2. The van der Waals surface area contributed by atoms with Gasteiger partial charge < -0.3 is 14.4 Å². The van der Waals surface area contributed by atoms with Crippen molar-refractivity contribution < 1.29 is 22.7 Å². The van der Waals surface area contributed by atoms with Crippen LogP contribution in [-0.2, 0) is 24.3 Å². The van der Waals surface area contributed by atoms with Crippen molar-refractivity contribution in [1.29, 1.82) is 0 Å². The molecule has 2 heterocycles. The van der Waals surface area contributed by atoms with E-state index in [0.29, 0.717) is 45.6 Å². The van der Waals surface area contributed by atoms with Crippen LogP contribution >= 0.6 is 0 Å². The molecule has 0 unspecified atom stereocenters. The Labute approximate surface area is 126 Å². The van der Waals surface area contributed by atoms with Crippen molar-refractivity contribution in [2.45, 2.75) is 38.4 Å². The molecule has 0 aromatic rings. The van der Waals surface area contributed by atoms with Crippen LogP contribution in [0.2, 0.25) is 0 Å². The highest BCUT2D eigenvalue weighted by Crippen LogP contribution is 2.31. The second kappa shape index (κ2) is 7.04. The largest absolute Gasteiger partial charge is 0.347 e. The van der Waals surface area contributed by atoms with Gasteiger partial charge >= 0.3 is 0 Å². The van der Waals surface area contributed by atoms with Crippen molar-refractivity contribution in [3.8, 4) is 0 Å². The van der Waals surface area contributed by atoms with Crippen LogP contribution in [0.4, 0.5) is 0 Å². The Morgan fingerprint density at radius 1 is 1.24 bits per heavy atom. The van der Waals surface area contributed by atoms with Crippen LogP contribution < -0.4 is 4.72 Å². The van der Waals surface area contributed by atoms with Gasteiger partial charge in [0.1, 0.15) is 0 Å². The van der Waals surface area contributed by atoms with Crippen LogP contribution in [0, 0.1) is 0 Å². The second-order valence-electron chi connectivity index (χ2n) is 5.48. The number of unbranched alkanes of at least 4 members (excludes halogenated alkanes) is 1. The fourth-order valence-electron chi connectivity index (χ4n) is 2.57. The summed E-state index contributed by atoms with van der Waals surface area (Å²) in [6.45, 7) is 4.04. The zero-order valence-corrected chi connectivity index (χ0v) is 13.3. The van der Waals surface area contributed by atoms with Gasteiger partial charge in [0.25, 0.3) is 0 Å². The summed E-state index contributed by atoms with van der Waals surface area (Å²) in [6, 6.07) is 0. The molecule has 2 saturated heterocycles. The molecule has 2 aliphatic heterocycles. The Balaban J connectivity index is 1.74. The number of ether oxygens (including phenoxy) is 2. The first-order chi connectivity index (χ1) is 9.96. The zero-order chi connectivity index (χ0) is 15.3. The average Bonchev–Trinajstić information content (AvgIpc) is 2.92. The molecule has 1 amide bonds. The fraction of sp³-hybridized carbons (Fsp3) is 0.923. The van der Waals surface area contributed by atoms with Crippen molar-refractivity contribution in [2.24, 2.45) is 0 Å². The molecule has 7 nitrogen and oxygen atoms in total. The number of nitrogens with zero attached hydrogens (tertiary/aromatic N) is 1. The van der Waals surface area contributed by atoms with E-state index in [1.807, 2.05) is 6.92 Å². The van der Waals surface area contributed by atoms with Gasteiger partial charge in [-0.05, 0) is 6.42 Å². The predicted molar refractivity (Wildman–Crippen MR) is 77.1 cm³/mol. The average molecular weight is 320 g/mol. The molecular formula is C13H24N2O5S. The Bertz CT molecular complexity index is 449. The fourth-order valence-corrected chi connectivity index (χ4v) is 3.73. The number of piperidine rings is 1. The number of hydrogen-bond donors (Lipinski definition) is 1. The maximum atomic E-state index is 12.0. The quantitative estimate of drug-likeness (QED) is 0.749. The smallest absolute Gasteiger partial charge is 0.237 e. The number of likely N-dealkylation sites (tertiary alicyclic amines) is 1. The maximum Gasteiger partial charge on any atom is 0.237 e. The Morgan fingerprint density at radius 3 is 2.43 bits per heavy atom. The van der Waals surface area contributed by atoms with Crippen molar-refractivity contribution in [2.75, 3.05) is 38.6 Å². The van der Waals surface area contributed by atoms with E-state index in [1.54, 1.807) is 4.90 Å². The van der Waals surface area contributed by atoms with Gasteiger partial charge in [0, 0.05) is 25.9 Å². The van der Waals surface area contributed by atoms with E-state index in [4.69, 9.17) is 9.47 Å². The highest BCUT2D eigenvalue weighted by Gasteiger charge is 2.40. The first kappa shape index (κ1) is 16.7. The molecule has 2 fully saturated rings. The van der Waals surface area contributed by atoms with E-state index >= 15 is 0 Å². The van der Waals surface area contributed by atoms with E-state index in [0.717, 1.165) is 6.42 Å². The molecule has 0 atom stereocenters. The van der Waals surface area contributed by atoms with Gasteiger partial charge in [-0.25, -0.2) is 13.1 Å². The number of hydrogen-bond acceptors (Lipinski definition) is 5. The molecule has 0 aliphatic carbocycles. The molecule has 0 bridgehead atoms. The minimum atomic E-state index is -3.35. The lowest BCUT2D eigenvalue weighted by atomic mass is 10.0. The molecule has 0 radical (unpaired) electrons. The summed E-state index contributed by atoms with van der Waals surface area (Å²) in [7, 11) is -3.35. The van der Waals surface area contributed by atoms with Gasteiger partial charge in [0.05, 0.1) is 25.5 Å². The van der Waals surface area contributed by atoms with E-state index in [2.05, 4.69) is 4.72 Å². The maximum absolute atomic E-state index is 12.0. The van der Waals surface area contributed by atoms with Crippen LogP contribution in [0.15, 0.2) is 0 Å². The topological polar surface area (TPSA) is 84.9 Å². The SMILES string of the molecule is CCCCS(=O)(=O)NCC(=O)N1CCC2(CC1)OCCO2. The van der Waals surface area contributed by atoms with Crippen molar-refractivity contribution in [1.82, 2.24) is 9.62 Å². The molecule has 1 spiro atoms. The summed E-state index contributed by atoms with van der Waals surface area (Å²) in [5.41, 5.74) is 0. The van der Waals surface area contributed by atoms with Crippen LogP contribution in [-0.4, -0.2) is 63.6 Å². The van der Waals surface area contributed by atoms with Crippen LogP contribution in [0.5, 0.6) is 0 Å². The highest BCUT2D eigenvalue weighted by molar-refractivity contribution is 7.89. The minimum Gasteiger partial charge on any atom is -0.347 e. The van der Waals surface area contributed by atoms with E-state index in [9.17, 15) is 13.2 Å². The first-order valence-electron chi connectivity index (χ1n) is 7.49. The van der Waals surface area contributed by atoms with Crippen molar-refractivity contribution >= 4 is 15.9 Å². The summed E-state index contributed by atoms with van der Waals surface area (Å²) in [5.74, 6) is -0.637. The number of carbonyl (C=O) groups is 1. The molecule has 122 valence electrons. The molecule has 8 heteroatoms. The molecule has 21 heavy (non-hydrogen) atoms. The van der Waals surface area contributed by atoms with Gasteiger partial charge in [-0.1, -0.05) is 13.3 Å². The van der Waals surface area contributed by atoms with Crippen LogP contribution in [0.1, 0.15) is 32.6 Å². The van der Waals surface area contributed by atoms with Crippen LogP contribution in [0.3, 0.4) is 0 Å². The summed E-state index contributed by atoms with van der Waals surface area (Å²) in [4.78, 5) is 13.7. The number of sulfonamides is 1. The van der Waals surface area contributed by atoms with Crippen molar-refractivity contribution in [3.63, 3.8) is 0 Å². The lowest BCUT2D eigenvalue weighted by Gasteiger charge is -2.37. The normalized spacial score (nSPS) is 21.9. The monoisotopic (exact) mass is 320 g/mol. The van der Waals surface area contributed by atoms with Crippen molar-refractivity contribution in [3.05, 3.63) is 0 Å². The van der Waals surface area contributed by atoms with Gasteiger partial charge in [-0.2, -0.15) is 0 Å². The zero-order valence-electron chi connectivity index (χ0n) is 12.5. The summed E-state index contributed by atoms with van der Waals surface area (Å²) < 4.78 is 36.9. The molecule has 1 N–H and O–H groups in total. The summed E-state index contributed by atoms with van der Waals surface area (Å²) in [6.07, 6.45) is 2.69. The number of amides is 1. The third-order valence-electron chi connectivity index (χ3n) is 3.90. The Hall–Kier alpha value is -0.700. The Kier molecular flexibility index (Phi) is 5.59. The predicted octanol–water partition coefficient (Wildman–Crippen LogP) is 0.0714. The third kappa shape index (κ3) is 4.64. The lowest BCUT2D eigenvalue weighted by molar-refractivity contribution is -0.187. The summed E-state index contributed by atoms with van der Waals surface area (Å²) >= 11 is 0. The van der Waals surface area contributed by atoms with Crippen LogP contribution in [0.25, 0.3) is 0 Å².